The zero-order chi connectivity index (χ0) is 5.70. The van der Waals surface area contributed by atoms with E-state index in [1.807, 2.05) is 0 Å². The first-order chi connectivity index (χ1) is 3.35. The molecule has 0 atom stereocenters. The summed E-state index contributed by atoms with van der Waals surface area (Å²) in [5.41, 5.74) is 6.35. The Morgan fingerprint density at radius 2 is 2.29 bits per heavy atom. The third-order valence-electron chi connectivity index (χ3n) is 0.960. The molecule has 2 N–H and O–H groups in total. The van der Waals surface area contributed by atoms with E-state index in [0.29, 0.717) is 6.54 Å². The molecule has 0 unspecified atom stereocenters. The van der Waals surface area contributed by atoms with Crippen LogP contribution in [0.15, 0.2) is 4.99 Å². The summed E-state index contributed by atoms with van der Waals surface area (Å²) in [5, 5.41) is 0. The van der Waals surface area contributed by atoms with E-state index in [2.05, 4.69) is 11.9 Å². The summed E-state index contributed by atoms with van der Waals surface area (Å²) in [5.74, 6) is 0. The fourth-order valence-electron chi connectivity index (χ4n) is 0.394. The van der Waals surface area contributed by atoms with Crippen molar-refractivity contribution in [3.8, 4) is 0 Å². The number of aliphatic imine (C=N–C) groups is 1. The molecule has 0 aliphatic heterocycles. The fourth-order valence-corrected chi connectivity index (χ4v) is 0.394. The van der Waals surface area contributed by atoms with E-state index in [1.54, 1.807) is 7.05 Å². The maximum absolute atomic E-state index is 5.26. The van der Waals surface area contributed by atoms with Gasteiger partial charge in [0.1, 0.15) is 0 Å². The summed E-state index contributed by atoms with van der Waals surface area (Å²) in [7, 11) is 1.77. The zero-order valence-electron chi connectivity index (χ0n) is 4.94. The van der Waals surface area contributed by atoms with Crippen LogP contribution in [0.4, 0.5) is 0 Å². The molecule has 0 spiro atoms. The van der Waals surface area contributed by atoms with E-state index in [1.165, 1.54) is 0 Å². The van der Waals surface area contributed by atoms with Crippen molar-refractivity contribution in [2.24, 2.45) is 10.7 Å². The lowest BCUT2D eigenvalue weighted by molar-refractivity contribution is 1.15. The van der Waals surface area contributed by atoms with Crippen LogP contribution in [0, 0.1) is 0 Å². The van der Waals surface area contributed by atoms with E-state index in [4.69, 9.17) is 5.73 Å². The van der Waals surface area contributed by atoms with Gasteiger partial charge in [-0.1, -0.05) is 6.92 Å². The Morgan fingerprint density at radius 3 is 2.29 bits per heavy atom. The normalized spacial score (nSPS) is 12.1. The van der Waals surface area contributed by atoms with Gasteiger partial charge >= 0.3 is 0 Å². The van der Waals surface area contributed by atoms with Crippen molar-refractivity contribution in [3.05, 3.63) is 0 Å². The largest absolute Gasteiger partial charge is 0.326 e. The molecule has 0 radical (unpaired) electrons. The second-order valence-electron chi connectivity index (χ2n) is 1.35. The quantitative estimate of drug-likeness (QED) is 0.502. The van der Waals surface area contributed by atoms with Gasteiger partial charge in [0.25, 0.3) is 0 Å². The van der Waals surface area contributed by atoms with Crippen LogP contribution in [0.5, 0.6) is 0 Å². The lowest BCUT2D eigenvalue weighted by Gasteiger charge is -1.92. The minimum Gasteiger partial charge on any atom is -0.326 e. The summed E-state index contributed by atoms with van der Waals surface area (Å²) < 4.78 is 0. The Kier molecular flexibility index (Phi) is 3.61. The van der Waals surface area contributed by atoms with Crippen LogP contribution in [0.1, 0.15) is 13.3 Å². The van der Waals surface area contributed by atoms with E-state index >= 15 is 0 Å². The minimum atomic E-state index is 0.604. The highest BCUT2D eigenvalue weighted by Gasteiger charge is 1.84. The fraction of sp³-hybridized carbons (Fsp3) is 0.800. The van der Waals surface area contributed by atoms with E-state index in [0.717, 1.165) is 12.1 Å². The second kappa shape index (κ2) is 3.81. The molecule has 0 aromatic heterocycles. The molecule has 0 rings (SSSR count). The van der Waals surface area contributed by atoms with Crippen molar-refractivity contribution < 1.29 is 0 Å². The molecule has 0 saturated heterocycles. The third kappa shape index (κ3) is 2.34. The SMILES string of the molecule is CCC(CN)=NC. The van der Waals surface area contributed by atoms with Crippen molar-refractivity contribution in [3.63, 3.8) is 0 Å². The Morgan fingerprint density at radius 1 is 1.71 bits per heavy atom. The molecule has 0 aliphatic rings. The topological polar surface area (TPSA) is 38.4 Å². The Labute approximate surface area is 44.4 Å². The summed E-state index contributed by atoms with van der Waals surface area (Å²) in [6, 6.07) is 0. The van der Waals surface area contributed by atoms with Gasteiger partial charge in [-0.2, -0.15) is 0 Å². The minimum absolute atomic E-state index is 0.604. The molecule has 42 valence electrons. The maximum Gasteiger partial charge on any atom is 0.0309 e. The van der Waals surface area contributed by atoms with E-state index in [9.17, 15) is 0 Å². The Hall–Kier alpha value is -0.370. The van der Waals surface area contributed by atoms with Crippen molar-refractivity contribution in [2.45, 2.75) is 13.3 Å². The molecule has 2 heteroatoms. The first-order valence-electron chi connectivity index (χ1n) is 2.49. The van der Waals surface area contributed by atoms with Crippen LogP contribution < -0.4 is 5.73 Å². The number of nitrogens with zero attached hydrogens (tertiary/aromatic N) is 1. The van der Waals surface area contributed by atoms with Crippen molar-refractivity contribution in [1.29, 1.82) is 0 Å². The molecular weight excluding hydrogens is 88.1 g/mol. The highest BCUT2D eigenvalue weighted by atomic mass is 14.7. The van der Waals surface area contributed by atoms with Crippen LogP contribution in [-0.4, -0.2) is 19.3 Å². The van der Waals surface area contributed by atoms with Gasteiger partial charge in [0.2, 0.25) is 0 Å². The van der Waals surface area contributed by atoms with Gasteiger partial charge in [0.15, 0.2) is 0 Å². The molecule has 0 saturated carbocycles. The predicted molar refractivity (Wildman–Crippen MR) is 32.7 cm³/mol. The van der Waals surface area contributed by atoms with Gasteiger partial charge in [-0.15, -0.1) is 0 Å². The van der Waals surface area contributed by atoms with Gasteiger partial charge < -0.3 is 5.73 Å². The van der Waals surface area contributed by atoms with Gasteiger partial charge in [-0.3, -0.25) is 4.99 Å². The number of rotatable bonds is 2. The maximum atomic E-state index is 5.26. The van der Waals surface area contributed by atoms with Crippen LogP contribution in [0.2, 0.25) is 0 Å². The molecule has 2 nitrogen and oxygen atoms in total. The first-order valence-corrected chi connectivity index (χ1v) is 2.49. The van der Waals surface area contributed by atoms with Gasteiger partial charge in [-0.25, -0.2) is 0 Å². The predicted octanol–water partition coefficient (Wildman–Crippen LogP) is 0.426. The molecule has 0 aromatic carbocycles. The molecular formula is C5H12N2. The molecule has 0 aromatic rings. The molecule has 0 heterocycles. The molecule has 0 bridgehead atoms. The zero-order valence-corrected chi connectivity index (χ0v) is 4.94. The van der Waals surface area contributed by atoms with Crippen molar-refractivity contribution in [1.82, 2.24) is 0 Å². The average molecular weight is 100 g/mol. The summed E-state index contributed by atoms with van der Waals surface area (Å²) in [6.07, 6.45) is 0.979. The molecule has 0 aliphatic carbocycles. The van der Waals surface area contributed by atoms with E-state index < -0.39 is 0 Å². The van der Waals surface area contributed by atoms with Gasteiger partial charge in [0.05, 0.1) is 0 Å². The van der Waals surface area contributed by atoms with Crippen LogP contribution in [0.25, 0.3) is 0 Å². The summed E-state index contributed by atoms with van der Waals surface area (Å²) in [4.78, 5) is 3.92. The van der Waals surface area contributed by atoms with Crippen molar-refractivity contribution >= 4 is 5.71 Å². The van der Waals surface area contributed by atoms with Gasteiger partial charge in [-0.05, 0) is 6.42 Å². The Bertz CT molecular complexity index is 60.5. The van der Waals surface area contributed by atoms with Crippen LogP contribution >= 0.6 is 0 Å². The van der Waals surface area contributed by atoms with Crippen molar-refractivity contribution in [2.75, 3.05) is 13.6 Å². The molecule has 0 fully saturated rings. The number of hydrogen-bond donors (Lipinski definition) is 1. The lowest BCUT2D eigenvalue weighted by Crippen LogP contribution is -2.11. The first kappa shape index (κ1) is 6.63. The van der Waals surface area contributed by atoms with Crippen LogP contribution in [0.3, 0.4) is 0 Å². The van der Waals surface area contributed by atoms with Gasteiger partial charge in [0, 0.05) is 19.3 Å². The highest BCUT2D eigenvalue weighted by Crippen LogP contribution is 1.78. The average Bonchev–Trinajstić information content (AvgIpc) is 1.72. The number of hydrogen-bond acceptors (Lipinski definition) is 2. The second-order valence-corrected chi connectivity index (χ2v) is 1.35. The van der Waals surface area contributed by atoms with Crippen LogP contribution in [-0.2, 0) is 0 Å². The standard InChI is InChI=1S/C5H12N2/c1-3-5(4-6)7-2/h3-4,6H2,1-2H3. The Balaban J connectivity index is 3.38. The highest BCUT2D eigenvalue weighted by molar-refractivity contribution is 5.85. The number of nitrogens with two attached hydrogens (primary N) is 1. The molecule has 0 amide bonds. The third-order valence-corrected chi connectivity index (χ3v) is 0.960. The monoisotopic (exact) mass is 100 g/mol. The molecule has 7 heavy (non-hydrogen) atoms. The summed E-state index contributed by atoms with van der Waals surface area (Å²) >= 11 is 0. The van der Waals surface area contributed by atoms with E-state index in [-0.39, 0.29) is 0 Å². The summed E-state index contributed by atoms with van der Waals surface area (Å²) in [6.45, 7) is 2.65. The smallest absolute Gasteiger partial charge is 0.0309 e. The lowest BCUT2D eigenvalue weighted by atomic mass is 10.3.